The van der Waals surface area contributed by atoms with Crippen LogP contribution in [0, 0.1) is 0 Å². The predicted octanol–water partition coefficient (Wildman–Crippen LogP) is 1.99. The molecule has 0 atom stereocenters. The van der Waals surface area contributed by atoms with Crippen molar-refractivity contribution in [1.82, 2.24) is 0 Å². The van der Waals surface area contributed by atoms with E-state index in [9.17, 15) is 9.59 Å². The molecule has 0 spiro atoms. The lowest BCUT2D eigenvalue weighted by molar-refractivity contribution is -0.147. The number of hydrogen-bond donors (Lipinski definition) is 2. The number of alkyl halides is 2. The molecule has 7 heteroatoms. The van der Waals surface area contributed by atoms with Gasteiger partial charge in [-0.3, -0.25) is 4.79 Å². The van der Waals surface area contributed by atoms with Crippen molar-refractivity contribution in [2.24, 2.45) is 0 Å². The van der Waals surface area contributed by atoms with Crippen molar-refractivity contribution in [3.8, 4) is 0 Å². The topological polar surface area (TPSA) is 69.6 Å². The lowest BCUT2D eigenvalue weighted by Gasteiger charge is -2.23. The number of benzene rings is 1. The lowest BCUT2D eigenvalue weighted by atomic mass is 10.2. The number of amides is 1. The average Bonchev–Trinajstić information content (AvgIpc) is 2.38. The summed E-state index contributed by atoms with van der Waals surface area (Å²) < 4.78 is 0. The molecule has 19 heavy (non-hydrogen) atoms. The zero-order chi connectivity index (χ0) is 14.3. The molecule has 0 bridgehead atoms. The van der Waals surface area contributed by atoms with Gasteiger partial charge in [-0.1, -0.05) is 6.07 Å². The molecule has 0 saturated carbocycles. The first kappa shape index (κ1) is 15.6. The molecule has 1 aromatic carbocycles. The third kappa shape index (κ3) is 4.96. The molecule has 0 fully saturated rings. The number of rotatable bonds is 6. The van der Waals surface area contributed by atoms with E-state index in [2.05, 4.69) is 5.32 Å². The second kappa shape index (κ2) is 7.86. The first-order valence-electron chi connectivity index (χ1n) is 5.59. The van der Waals surface area contributed by atoms with E-state index in [1.165, 1.54) is 0 Å². The summed E-state index contributed by atoms with van der Waals surface area (Å²) in [5.41, 5.74) is 1.24. The monoisotopic (exact) mass is 304 g/mol. The van der Waals surface area contributed by atoms with Gasteiger partial charge in [0.05, 0.1) is 0 Å². The molecule has 5 nitrogen and oxygen atoms in total. The normalized spacial score (nSPS) is 10.0. The van der Waals surface area contributed by atoms with Crippen LogP contribution in [0.3, 0.4) is 0 Å². The van der Waals surface area contributed by atoms with Crippen LogP contribution in [0.5, 0.6) is 0 Å². The highest BCUT2D eigenvalue weighted by molar-refractivity contribution is 6.36. The van der Waals surface area contributed by atoms with Crippen molar-refractivity contribution >= 4 is 46.5 Å². The van der Waals surface area contributed by atoms with E-state index in [1.54, 1.807) is 18.2 Å². The van der Waals surface area contributed by atoms with Gasteiger partial charge in [-0.25, -0.2) is 4.79 Å². The summed E-state index contributed by atoms with van der Waals surface area (Å²) >= 11 is 11.4. The zero-order valence-corrected chi connectivity index (χ0v) is 11.6. The van der Waals surface area contributed by atoms with Gasteiger partial charge in [0.2, 0.25) is 0 Å². The van der Waals surface area contributed by atoms with Crippen LogP contribution in [0.4, 0.5) is 11.4 Å². The fraction of sp³-hybridized carbons (Fsp3) is 0.333. The third-order valence-corrected chi connectivity index (χ3v) is 2.71. The number of nitrogens with one attached hydrogen (secondary N) is 1. The lowest BCUT2D eigenvalue weighted by Crippen LogP contribution is -2.28. The number of anilines is 2. The molecule has 104 valence electrons. The van der Waals surface area contributed by atoms with Gasteiger partial charge in [-0.15, -0.1) is 23.2 Å². The van der Waals surface area contributed by atoms with Gasteiger partial charge in [-0.05, 0) is 18.2 Å². The minimum absolute atomic E-state index is 0.416. The molecule has 1 amide bonds. The molecule has 0 aliphatic rings. The van der Waals surface area contributed by atoms with E-state index < -0.39 is 11.9 Å². The van der Waals surface area contributed by atoms with Gasteiger partial charge in [0.25, 0.3) is 0 Å². The molecule has 0 aromatic heterocycles. The van der Waals surface area contributed by atoms with E-state index >= 15 is 0 Å². The first-order chi connectivity index (χ1) is 9.08. The fourth-order valence-electron chi connectivity index (χ4n) is 1.54. The number of carbonyl (C=O) groups is 2. The summed E-state index contributed by atoms with van der Waals surface area (Å²) in [6.45, 7) is 1.23. The Kier molecular flexibility index (Phi) is 6.45. The van der Waals surface area contributed by atoms with Crippen molar-refractivity contribution in [1.29, 1.82) is 0 Å². The molecule has 0 radical (unpaired) electrons. The Morgan fingerprint density at radius 2 is 1.84 bits per heavy atom. The van der Waals surface area contributed by atoms with Crippen LogP contribution in [-0.2, 0) is 9.59 Å². The summed E-state index contributed by atoms with van der Waals surface area (Å²) in [5.74, 6) is -1.70. The number of carboxylic acids is 1. The quantitative estimate of drug-likeness (QED) is 0.623. The number of carboxylic acid groups (broad SMARTS) is 1. The minimum atomic E-state index is -1.52. The van der Waals surface area contributed by atoms with Crippen LogP contribution in [0.25, 0.3) is 0 Å². The first-order valence-corrected chi connectivity index (χ1v) is 6.66. The molecule has 0 aliphatic carbocycles. The number of nitrogens with zero attached hydrogens (tertiary/aromatic N) is 1. The predicted molar refractivity (Wildman–Crippen MR) is 76.4 cm³/mol. The Labute approximate surface area is 121 Å². The maximum Gasteiger partial charge on any atom is 0.394 e. The second-order valence-electron chi connectivity index (χ2n) is 3.67. The average molecular weight is 305 g/mol. The molecular weight excluding hydrogens is 291 g/mol. The van der Waals surface area contributed by atoms with Gasteiger partial charge in [-0.2, -0.15) is 0 Å². The van der Waals surface area contributed by atoms with E-state index in [0.717, 1.165) is 5.69 Å². The Bertz CT molecular complexity index is 448. The van der Waals surface area contributed by atoms with Crippen molar-refractivity contribution in [2.75, 3.05) is 35.1 Å². The Balaban J connectivity index is 2.85. The number of halogens is 2. The SMILES string of the molecule is O=C(O)C(=O)Nc1cccc(N(CCCl)CCCl)c1. The Morgan fingerprint density at radius 1 is 1.21 bits per heavy atom. The van der Waals surface area contributed by atoms with Gasteiger partial charge in [0, 0.05) is 36.2 Å². The van der Waals surface area contributed by atoms with E-state index in [-0.39, 0.29) is 0 Å². The molecule has 0 heterocycles. The van der Waals surface area contributed by atoms with Gasteiger partial charge in [0.1, 0.15) is 0 Å². The van der Waals surface area contributed by atoms with Crippen molar-refractivity contribution in [2.45, 2.75) is 0 Å². The third-order valence-electron chi connectivity index (χ3n) is 2.37. The zero-order valence-electron chi connectivity index (χ0n) is 10.1. The van der Waals surface area contributed by atoms with Gasteiger partial charge < -0.3 is 15.3 Å². The standard InChI is InChI=1S/C12H14Cl2N2O3/c13-4-6-16(7-5-14)10-3-1-2-9(8-10)15-11(17)12(18)19/h1-3,8H,4-7H2,(H,15,17)(H,18,19). The van der Waals surface area contributed by atoms with E-state index in [0.29, 0.717) is 30.5 Å². The smallest absolute Gasteiger partial charge is 0.394 e. The summed E-state index contributed by atoms with van der Waals surface area (Å²) in [5, 5.41) is 10.8. The highest BCUT2D eigenvalue weighted by Crippen LogP contribution is 2.19. The largest absolute Gasteiger partial charge is 0.474 e. The van der Waals surface area contributed by atoms with Crippen molar-refractivity contribution < 1.29 is 14.7 Å². The van der Waals surface area contributed by atoms with Crippen molar-refractivity contribution in [3.63, 3.8) is 0 Å². The van der Waals surface area contributed by atoms with Crippen LogP contribution in [0.2, 0.25) is 0 Å². The molecule has 1 rings (SSSR count). The number of carbonyl (C=O) groups excluding carboxylic acids is 1. The second-order valence-corrected chi connectivity index (χ2v) is 4.43. The van der Waals surface area contributed by atoms with Crippen molar-refractivity contribution in [3.05, 3.63) is 24.3 Å². The van der Waals surface area contributed by atoms with Gasteiger partial charge in [0.15, 0.2) is 0 Å². The number of aliphatic carboxylic acids is 1. The molecular formula is C12H14Cl2N2O3. The minimum Gasteiger partial charge on any atom is -0.474 e. The van der Waals surface area contributed by atoms with Crippen LogP contribution < -0.4 is 10.2 Å². The maximum atomic E-state index is 11.1. The van der Waals surface area contributed by atoms with Crippen LogP contribution in [0.1, 0.15) is 0 Å². The highest BCUT2D eigenvalue weighted by Gasteiger charge is 2.12. The molecule has 1 aromatic rings. The maximum absolute atomic E-state index is 11.1. The van der Waals surface area contributed by atoms with E-state index in [1.807, 2.05) is 11.0 Å². The summed E-state index contributed by atoms with van der Waals surface area (Å²) in [6.07, 6.45) is 0. The molecule has 0 unspecified atom stereocenters. The highest BCUT2D eigenvalue weighted by atomic mass is 35.5. The summed E-state index contributed by atoms with van der Waals surface area (Å²) in [6, 6.07) is 6.86. The molecule has 0 aliphatic heterocycles. The summed E-state index contributed by atoms with van der Waals surface area (Å²) in [4.78, 5) is 23.5. The fourth-order valence-corrected chi connectivity index (χ4v) is 1.95. The Hall–Kier alpha value is -1.46. The van der Waals surface area contributed by atoms with Gasteiger partial charge >= 0.3 is 11.9 Å². The van der Waals surface area contributed by atoms with Crippen LogP contribution in [0.15, 0.2) is 24.3 Å². The van der Waals surface area contributed by atoms with Crippen LogP contribution in [-0.4, -0.2) is 41.8 Å². The van der Waals surface area contributed by atoms with Crippen LogP contribution >= 0.6 is 23.2 Å². The number of hydrogen-bond acceptors (Lipinski definition) is 3. The molecule has 0 saturated heterocycles. The molecule has 2 N–H and O–H groups in total. The Morgan fingerprint density at radius 3 is 2.37 bits per heavy atom. The van der Waals surface area contributed by atoms with E-state index in [4.69, 9.17) is 28.3 Å². The summed E-state index contributed by atoms with van der Waals surface area (Å²) in [7, 11) is 0.